The minimum atomic E-state index is 0.170. The normalized spacial score (nSPS) is 11.9. The van der Waals surface area contributed by atoms with E-state index in [2.05, 4.69) is 48.1 Å². The maximum absolute atomic E-state index is 5.84. The molecule has 0 saturated carbocycles. The largest absolute Gasteiger partial charge is 0.383 e. The average Bonchev–Trinajstić information content (AvgIpc) is 2.19. The van der Waals surface area contributed by atoms with E-state index >= 15 is 0 Å². The van der Waals surface area contributed by atoms with Crippen LogP contribution >= 0.6 is 0 Å². The Morgan fingerprint density at radius 2 is 1.83 bits per heavy atom. The molecule has 0 saturated heterocycles. The summed E-state index contributed by atoms with van der Waals surface area (Å²) in [6.45, 7) is 10.1. The smallest absolute Gasteiger partial charge is 0.134 e. The van der Waals surface area contributed by atoms with E-state index < -0.39 is 0 Å². The van der Waals surface area contributed by atoms with Gasteiger partial charge in [0.15, 0.2) is 0 Å². The summed E-state index contributed by atoms with van der Waals surface area (Å²) in [6.07, 6.45) is 0. The fourth-order valence-electron chi connectivity index (χ4n) is 2.06. The maximum Gasteiger partial charge on any atom is 0.134 e. The molecule has 0 fully saturated rings. The number of hydrogen-bond donors (Lipinski definition) is 2. The van der Waals surface area contributed by atoms with Crippen LogP contribution in [-0.4, -0.2) is 42.1 Å². The fourth-order valence-corrected chi connectivity index (χ4v) is 2.06. The summed E-state index contributed by atoms with van der Waals surface area (Å²) in [7, 11) is 4.17. The summed E-state index contributed by atoms with van der Waals surface area (Å²) in [5, 5.41) is 3.38. The summed E-state index contributed by atoms with van der Waals surface area (Å²) in [5.41, 5.74) is 6.93. The zero-order chi connectivity index (χ0) is 13.9. The molecule has 1 rings (SSSR count). The number of rotatable bonds is 5. The van der Waals surface area contributed by atoms with Gasteiger partial charge >= 0.3 is 0 Å². The van der Waals surface area contributed by atoms with E-state index in [1.165, 1.54) is 0 Å². The third kappa shape index (κ3) is 4.14. The SMILES string of the molecule is Cc1nc(N)c(C)c(NCC(C)(C)CN(C)C)n1. The Morgan fingerprint density at radius 3 is 2.39 bits per heavy atom. The maximum atomic E-state index is 5.84. The number of nitrogen functional groups attached to an aromatic ring is 1. The zero-order valence-corrected chi connectivity index (χ0v) is 12.3. The molecule has 1 aromatic rings. The zero-order valence-electron chi connectivity index (χ0n) is 12.3. The average molecular weight is 251 g/mol. The van der Waals surface area contributed by atoms with Crippen LogP contribution in [0, 0.1) is 19.3 Å². The molecular formula is C13H25N5. The fraction of sp³-hybridized carbons (Fsp3) is 0.692. The number of anilines is 2. The van der Waals surface area contributed by atoms with E-state index in [4.69, 9.17) is 5.73 Å². The van der Waals surface area contributed by atoms with Gasteiger partial charge in [-0.1, -0.05) is 13.8 Å². The number of aryl methyl sites for hydroxylation is 1. The predicted octanol–water partition coefficient (Wildman–Crippen LogP) is 1.68. The second-order valence-corrected chi connectivity index (χ2v) is 5.89. The van der Waals surface area contributed by atoms with Gasteiger partial charge in [-0.25, -0.2) is 9.97 Å². The van der Waals surface area contributed by atoms with Crippen LogP contribution in [0.15, 0.2) is 0 Å². The van der Waals surface area contributed by atoms with Crippen LogP contribution in [0.25, 0.3) is 0 Å². The minimum Gasteiger partial charge on any atom is -0.383 e. The summed E-state index contributed by atoms with van der Waals surface area (Å²) in [5.74, 6) is 2.09. The van der Waals surface area contributed by atoms with Crippen molar-refractivity contribution in [3.8, 4) is 0 Å². The van der Waals surface area contributed by atoms with Gasteiger partial charge in [-0.3, -0.25) is 0 Å². The quantitative estimate of drug-likeness (QED) is 0.833. The highest BCUT2D eigenvalue weighted by molar-refractivity contribution is 5.54. The van der Waals surface area contributed by atoms with Crippen molar-refractivity contribution in [1.82, 2.24) is 14.9 Å². The van der Waals surface area contributed by atoms with Crippen molar-refractivity contribution in [2.75, 3.05) is 38.2 Å². The van der Waals surface area contributed by atoms with Crippen molar-refractivity contribution in [2.45, 2.75) is 27.7 Å². The van der Waals surface area contributed by atoms with Gasteiger partial charge in [0.1, 0.15) is 17.5 Å². The highest BCUT2D eigenvalue weighted by Gasteiger charge is 2.19. The van der Waals surface area contributed by atoms with E-state index in [0.717, 1.165) is 24.5 Å². The molecule has 5 nitrogen and oxygen atoms in total. The highest BCUT2D eigenvalue weighted by atomic mass is 15.1. The summed E-state index contributed by atoms with van der Waals surface area (Å²) in [6, 6.07) is 0. The Bertz CT molecular complexity index is 412. The first-order chi connectivity index (χ1) is 8.21. The Hall–Kier alpha value is -1.36. The summed E-state index contributed by atoms with van der Waals surface area (Å²) >= 11 is 0. The van der Waals surface area contributed by atoms with Gasteiger partial charge in [-0.2, -0.15) is 0 Å². The lowest BCUT2D eigenvalue weighted by molar-refractivity contribution is 0.254. The molecule has 0 atom stereocenters. The van der Waals surface area contributed by atoms with Gasteiger partial charge in [-0.05, 0) is 33.4 Å². The molecule has 0 aliphatic rings. The molecule has 0 spiro atoms. The Kier molecular flexibility index (Phi) is 4.51. The summed E-state index contributed by atoms with van der Waals surface area (Å²) in [4.78, 5) is 10.7. The molecule has 1 aromatic heterocycles. The molecule has 0 unspecified atom stereocenters. The highest BCUT2D eigenvalue weighted by Crippen LogP contribution is 2.21. The molecule has 0 bridgehead atoms. The molecule has 18 heavy (non-hydrogen) atoms. The van der Waals surface area contributed by atoms with E-state index in [-0.39, 0.29) is 5.41 Å². The molecule has 102 valence electrons. The second kappa shape index (κ2) is 5.52. The van der Waals surface area contributed by atoms with Crippen LogP contribution in [-0.2, 0) is 0 Å². The van der Waals surface area contributed by atoms with Gasteiger partial charge in [0.05, 0.1) is 0 Å². The molecule has 5 heteroatoms. The van der Waals surface area contributed by atoms with Crippen molar-refractivity contribution in [1.29, 1.82) is 0 Å². The molecule has 0 aromatic carbocycles. The lowest BCUT2D eigenvalue weighted by Gasteiger charge is -2.29. The van der Waals surface area contributed by atoms with Crippen LogP contribution in [0.3, 0.4) is 0 Å². The standard InChI is InChI=1S/C13H25N5/c1-9-11(14)16-10(2)17-12(9)15-7-13(3,4)8-18(5)6/h7-8H2,1-6H3,(H3,14,15,16,17). The van der Waals surface area contributed by atoms with Crippen molar-refractivity contribution >= 4 is 11.6 Å². The van der Waals surface area contributed by atoms with Crippen LogP contribution in [0.4, 0.5) is 11.6 Å². The minimum absolute atomic E-state index is 0.170. The number of nitrogens with zero attached hydrogens (tertiary/aromatic N) is 3. The molecule has 0 radical (unpaired) electrons. The van der Waals surface area contributed by atoms with Crippen LogP contribution in [0.1, 0.15) is 25.2 Å². The third-order valence-corrected chi connectivity index (χ3v) is 2.77. The van der Waals surface area contributed by atoms with Crippen molar-refractivity contribution < 1.29 is 0 Å². The first-order valence-corrected chi connectivity index (χ1v) is 6.20. The monoisotopic (exact) mass is 251 g/mol. The second-order valence-electron chi connectivity index (χ2n) is 5.89. The van der Waals surface area contributed by atoms with Crippen molar-refractivity contribution in [2.24, 2.45) is 5.41 Å². The molecule has 0 aliphatic heterocycles. The first kappa shape index (κ1) is 14.7. The number of hydrogen-bond acceptors (Lipinski definition) is 5. The molecule has 3 N–H and O–H groups in total. The van der Waals surface area contributed by atoms with Gasteiger partial charge in [0.2, 0.25) is 0 Å². The van der Waals surface area contributed by atoms with Crippen LogP contribution < -0.4 is 11.1 Å². The lowest BCUT2D eigenvalue weighted by Crippen LogP contribution is -2.34. The first-order valence-electron chi connectivity index (χ1n) is 6.20. The lowest BCUT2D eigenvalue weighted by atomic mass is 9.93. The van der Waals surface area contributed by atoms with Crippen molar-refractivity contribution in [3.63, 3.8) is 0 Å². The van der Waals surface area contributed by atoms with E-state index in [0.29, 0.717) is 11.6 Å². The van der Waals surface area contributed by atoms with Gasteiger partial charge in [-0.15, -0.1) is 0 Å². The Balaban J connectivity index is 2.74. The van der Waals surface area contributed by atoms with Gasteiger partial charge in [0.25, 0.3) is 0 Å². The number of aromatic nitrogens is 2. The predicted molar refractivity (Wildman–Crippen MR) is 76.7 cm³/mol. The van der Waals surface area contributed by atoms with Crippen LogP contribution in [0.5, 0.6) is 0 Å². The molecule has 1 heterocycles. The van der Waals surface area contributed by atoms with Crippen molar-refractivity contribution in [3.05, 3.63) is 11.4 Å². The van der Waals surface area contributed by atoms with Gasteiger partial charge in [0, 0.05) is 18.7 Å². The molecule has 0 aliphatic carbocycles. The van der Waals surface area contributed by atoms with E-state index in [1.54, 1.807) is 0 Å². The molecule has 0 amide bonds. The van der Waals surface area contributed by atoms with Gasteiger partial charge < -0.3 is 16.0 Å². The number of nitrogens with two attached hydrogens (primary N) is 1. The molecular weight excluding hydrogens is 226 g/mol. The summed E-state index contributed by atoms with van der Waals surface area (Å²) < 4.78 is 0. The van der Waals surface area contributed by atoms with E-state index in [9.17, 15) is 0 Å². The number of nitrogens with one attached hydrogen (secondary N) is 1. The van der Waals surface area contributed by atoms with Crippen LogP contribution in [0.2, 0.25) is 0 Å². The third-order valence-electron chi connectivity index (χ3n) is 2.77. The topological polar surface area (TPSA) is 67.1 Å². The Labute approximate surface area is 110 Å². The van der Waals surface area contributed by atoms with E-state index in [1.807, 2.05) is 13.8 Å². The Morgan fingerprint density at radius 1 is 1.22 bits per heavy atom.